The maximum absolute atomic E-state index is 13.2. The van der Waals surface area contributed by atoms with Crippen molar-refractivity contribution in [2.45, 2.75) is 30.1 Å². The van der Waals surface area contributed by atoms with E-state index in [-0.39, 0.29) is 17.1 Å². The standard InChI is InChI=1S/C29H29NO8/c1-16(31)37-26-23(27(30)32)24(17-8-6-5-7-9-17)29(18-10-12-19(34-2)13-11-18)28(26,33)25-21(36-4)14-20(35-3)15-22(25)38-29/h5-15,23-24,26,33H,1-4H3,(H2,30,32)/t23-,24-,26-,28+,29+/m1/s1. The zero-order valence-corrected chi connectivity index (χ0v) is 21.5. The molecule has 1 heterocycles. The van der Waals surface area contributed by atoms with Gasteiger partial charge in [-0.25, -0.2) is 0 Å². The van der Waals surface area contributed by atoms with Crippen LogP contribution in [0.5, 0.6) is 23.0 Å². The molecule has 1 saturated carbocycles. The van der Waals surface area contributed by atoms with Gasteiger partial charge in [-0.2, -0.15) is 0 Å². The molecule has 198 valence electrons. The van der Waals surface area contributed by atoms with Gasteiger partial charge in [-0.05, 0) is 23.3 Å². The molecule has 5 atom stereocenters. The van der Waals surface area contributed by atoms with Crippen LogP contribution in [0, 0.1) is 5.92 Å². The Balaban J connectivity index is 1.92. The Morgan fingerprint density at radius 3 is 2.13 bits per heavy atom. The van der Waals surface area contributed by atoms with Crippen LogP contribution in [-0.4, -0.2) is 44.4 Å². The molecule has 5 rings (SSSR count). The van der Waals surface area contributed by atoms with Crippen LogP contribution in [0.15, 0.2) is 66.7 Å². The summed E-state index contributed by atoms with van der Waals surface area (Å²) in [4.78, 5) is 25.6. The van der Waals surface area contributed by atoms with Crippen molar-refractivity contribution in [3.63, 3.8) is 0 Å². The van der Waals surface area contributed by atoms with Crippen molar-refractivity contribution in [3.05, 3.63) is 83.4 Å². The van der Waals surface area contributed by atoms with E-state index in [2.05, 4.69) is 0 Å². The molecule has 0 unspecified atom stereocenters. The lowest BCUT2D eigenvalue weighted by atomic mass is 9.70. The molecule has 1 amide bonds. The molecule has 1 aliphatic heterocycles. The van der Waals surface area contributed by atoms with Crippen molar-refractivity contribution < 1.29 is 38.4 Å². The summed E-state index contributed by atoms with van der Waals surface area (Å²) in [5, 5.41) is 13.0. The monoisotopic (exact) mass is 519 g/mol. The van der Waals surface area contributed by atoms with E-state index in [9.17, 15) is 14.7 Å². The van der Waals surface area contributed by atoms with E-state index in [1.165, 1.54) is 21.1 Å². The van der Waals surface area contributed by atoms with E-state index in [1.54, 1.807) is 43.5 Å². The first-order chi connectivity index (χ1) is 18.2. The summed E-state index contributed by atoms with van der Waals surface area (Å²) in [7, 11) is 4.50. The summed E-state index contributed by atoms with van der Waals surface area (Å²) in [6, 6.07) is 19.3. The molecular weight excluding hydrogens is 490 g/mol. The first-order valence-electron chi connectivity index (χ1n) is 12.1. The fourth-order valence-electron chi connectivity index (χ4n) is 6.13. The van der Waals surface area contributed by atoms with E-state index in [1.807, 2.05) is 30.3 Å². The molecule has 1 aliphatic carbocycles. The van der Waals surface area contributed by atoms with Gasteiger partial charge in [-0.3, -0.25) is 9.59 Å². The van der Waals surface area contributed by atoms with Crippen LogP contribution >= 0.6 is 0 Å². The van der Waals surface area contributed by atoms with Crippen molar-refractivity contribution in [1.29, 1.82) is 0 Å². The first-order valence-corrected chi connectivity index (χ1v) is 12.1. The van der Waals surface area contributed by atoms with Gasteiger partial charge in [0.05, 0.1) is 32.8 Å². The zero-order valence-electron chi connectivity index (χ0n) is 21.5. The minimum Gasteiger partial charge on any atom is -0.497 e. The van der Waals surface area contributed by atoms with Gasteiger partial charge in [0.1, 0.15) is 23.0 Å². The molecule has 0 bridgehead atoms. The van der Waals surface area contributed by atoms with Gasteiger partial charge < -0.3 is 34.5 Å². The second-order valence-corrected chi connectivity index (χ2v) is 9.38. The number of methoxy groups -OCH3 is 3. The molecule has 38 heavy (non-hydrogen) atoms. The van der Waals surface area contributed by atoms with Gasteiger partial charge in [0.2, 0.25) is 5.91 Å². The largest absolute Gasteiger partial charge is 0.497 e. The predicted molar refractivity (Wildman–Crippen MR) is 136 cm³/mol. The van der Waals surface area contributed by atoms with E-state index in [0.717, 1.165) is 0 Å². The van der Waals surface area contributed by atoms with Crippen LogP contribution in [0.2, 0.25) is 0 Å². The molecule has 2 aliphatic rings. The number of fused-ring (bicyclic) bond motifs is 3. The molecule has 9 heteroatoms. The SMILES string of the molecule is COc1ccc([C@@]23Oc4cc(OC)cc(OC)c4[C@]2(O)[C@H](OC(C)=O)[C@H](C(N)=O)[C@H]3c2ccccc2)cc1. The summed E-state index contributed by atoms with van der Waals surface area (Å²) in [6.45, 7) is 1.22. The Kier molecular flexibility index (Phi) is 6.19. The van der Waals surface area contributed by atoms with Gasteiger partial charge in [0.15, 0.2) is 17.3 Å². The Morgan fingerprint density at radius 2 is 1.58 bits per heavy atom. The number of benzene rings is 3. The number of esters is 1. The molecule has 0 saturated heterocycles. The molecule has 3 aromatic rings. The summed E-state index contributed by atoms with van der Waals surface area (Å²) >= 11 is 0. The minimum absolute atomic E-state index is 0.229. The van der Waals surface area contributed by atoms with Crippen LogP contribution in [0.1, 0.15) is 29.5 Å². The normalized spacial score (nSPS) is 27.0. The highest BCUT2D eigenvalue weighted by Gasteiger charge is 2.79. The highest BCUT2D eigenvalue weighted by Crippen LogP contribution is 2.70. The number of hydrogen-bond donors (Lipinski definition) is 2. The molecule has 0 spiro atoms. The lowest BCUT2D eigenvalue weighted by Gasteiger charge is -2.41. The quantitative estimate of drug-likeness (QED) is 0.456. The number of carbonyl (C=O) groups is 2. The third kappa shape index (κ3) is 3.42. The zero-order chi connectivity index (χ0) is 27.2. The average molecular weight is 520 g/mol. The predicted octanol–water partition coefficient (Wildman–Crippen LogP) is 3.02. The smallest absolute Gasteiger partial charge is 0.303 e. The molecule has 9 nitrogen and oxygen atoms in total. The third-order valence-electron chi connectivity index (χ3n) is 7.55. The van der Waals surface area contributed by atoms with Crippen molar-refractivity contribution in [2.75, 3.05) is 21.3 Å². The minimum atomic E-state index is -2.10. The maximum atomic E-state index is 13.2. The first kappa shape index (κ1) is 25.4. The van der Waals surface area contributed by atoms with E-state index in [4.69, 9.17) is 29.4 Å². The summed E-state index contributed by atoms with van der Waals surface area (Å²) in [5.74, 6) is -1.94. The molecule has 0 aromatic heterocycles. The lowest BCUT2D eigenvalue weighted by Crippen LogP contribution is -2.53. The molecule has 3 N–H and O–H groups in total. The average Bonchev–Trinajstić information content (AvgIpc) is 3.31. The van der Waals surface area contributed by atoms with Gasteiger partial charge in [-0.1, -0.05) is 42.5 Å². The number of aliphatic hydroxyl groups is 1. The Bertz CT molecular complexity index is 1380. The fraction of sp³-hybridized carbons (Fsp3) is 0.310. The number of nitrogens with two attached hydrogens (primary N) is 1. The Morgan fingerprint density at radius 1 is 0.921 bits per heavy atom. The van der Waals surface area contributed by atoms with Crippen molar-refractivity contribution in [2.24, 2.45) is 11.7 Å². The second kappa shape index (κ2) is 9.25. The molecule has 1 fully saturated rings. The molecule has 0 radical (unpaired) electrons. The topological polar surface area (TPSA) is 127 Å². The van der Waals surface area contributed by atoms with Crippen molar-refractivity contribution in [1.82, 2.24) is 0 Å². The van der Waals surface area contributed by atoms with E-state index in [0.29, 0.717) is 22.6 Å². The van der Waals surface area contributed by atoms with Crippen LogP contribution < -0.4 is 24.7 Å². The highest BCUT2D eigenvalue weighted by atomic mass is 16.6. The van der Waals surface area contributed by atoms with E-state index < -0.39 is 41.0 Å². The number of amides is 1. The molecule has 3 aromatic carbocycles. The second-order valence-electron chi connectivity index (χ2n) is 9.38. The number of carbonyl (C=O) groups excluding carboxylic acids is 2. The Labute approximate surface area is 220 Å². The maximum Gasteiger partial charge on any atom is 0.303 e. The summed E-state index contributed by atoms with van der Waals surface area (Å²) < 4.78 is 29.0. The number of hydrogen-bond acceptors (Lipinski definition) is 8. The van der Waals surface area contributed by atoms with Crippen LogP contribution in [0.25, 0.3) is 0 Å². The van der Waals surface area contributed by atoms with Crippen molar-refractivity contribution in [3.8, 4) is 23.0 Å². The number of primary amides is 1. The highest BCUT2D eigenvalue weighted by molar-refractivity contribution is 5.82. The van der Waals surface area contributed by atoms with Crippen LogP contribution in [0.3, 0.4) is 0 Å². The van der Waals surface area contributed by atoms with Gasteiger partial charge in [0.25, 0.3) is 0 Å². The Hall–Kier alpha value is -4.24. The fourth-order valence-corrected chi connectivity index (χ4v) is 6.13. The summed E-state index contributed by atoms with van der Waals surface area (Å²) in [6.07, 6.45) is -1.41. The number of rotatable bonds is 7. The van der Waals surface area contributed by atoms with Crippen LogP contribution in [-0.2, 0) is 25.5 Å². The summed E-state index contributed by atoms with van der Waals surface area (Å²) in [5.41, 5.74) is 3.66. The van der Waals surface area contributed by atoms with Gasteiger partial charge in [0, 0.05) is 25.0 Å². The molecular formula is C29H29NO8. The number of ether oxygens (including phenoxy) is 5. The van der Waals surface area contributed by atoms with Gasteiger partial charge in [-0.15, -0.1) is 0 Å². The lowest BCUT2D eigenvalue weighted by molar-refractivity contribution is -0.183. The van der Waals surface area contributed by atoms with Crippen molar-refractivity contribution >= 4 is 11.9 Å². The van der Waals surface area contributed by atoms with Gasteiger partial charge >= 0.3 is 5.97 Å². The van der Waals surface area contributed by atoms with E-state index >= 15 is 0 Å². The third-order valence-corrected chi connectivity index (χ3v) is 7.55. The van der Waals surface area contributed by atoms with Crippen LogP contribution in [0.4, 0.5) is 0 Å².